The number of nitrogens with one attached hydrogen (secondary N) is 1. The van der Waals surface area contributed by atoms with E-state index >= 15 is 0 Å². The number of aromatic nitrogens is 3. The largest absolute Gasteiger partial charge is 0.490 e. The van der Waals surface area contributed by atoms with Gasteiger partial charge in [-0.25, -0.2) is 9.48 Å². The summed E-state index contributed by atoms with van der Waals surface area (Å²) >= 11 is 0. The molecule has 1 atom stereocenters. The van der Waals surface area contributed by atoms with E-state index in [1.54, 1.807) is 0 Å². The lowest BCUT2D eigenvalue weighted by molar-refractivity contribution is -0.192. The van der Waals surface area contributed by atoms with E-state index in [2.05, 4.69) is 29.5 Å². The molecule has 0 radical (unpaired) electrons. The molecule has 0 saturated heterocycles. The smallest absolute Gasteiger partial charge is 0.475 e. The van der Waals surface area contributed by atoms with Gasteiger partial charge in [-0.2, -0.15) is 13.2 Å². The van der Waals surface area contributed by atoms with Gasteiger partial charge in [-0.15, -0.1) is 5.10 Å². The van der Waals surface area contributed by atoms with Gasteiger partial charge in [0.15, 0.2) is 0 Å². The van der Waals surface area contributed by atoms with E-state index in [-0.39, 0.29) is 0 Å². The third-order valence-corrected chi connectivity index (χ3v) is 3.28. The molecule has 7 nitrogen and oxygen atoms in total. The van der Waals surface area contributed by atoms with Gasteiger partial charge in [0.1, 0.15) is 0 Å². The number of halogens is 3. The first-order valence-corrected chi connectivity index (χ1v) is 7.58. The molecule has 0 bridgehead atoms. The molecule has 0 aliphatic carbocycles. The zero-order valence-corrected chi connectivity index (χ0v) is 13.9. The van der Waals surface area contributed by atoms with E-state index in [1.807, 2.05) is 11.6 Å². The third kappa shape index (κ3) is 6.83. The molecule has 1 aliphatic rings. The number of fused-ring (bicyclic) bond motifs is 1. The number of hydrogen-bond donors (Lipinski definition) is 2. The minimum atomic E-state index is -5.08. The number of ether oxygens (including phenoxy) is 1. The maximum atomic E-state index is 10.6. The summed E-state index contributed by atoms with van der Waals surface area (Å²) in [6, 6.07) is 0. The van der Waals surface area contributed by atoms with Gasteiger partial charge in [0, 0.05) is 19.0 Å². The Balaban J connectivity index is 0.000000351. The third-order valence-electron chi connectivity index (χ3n) is 3.28. The van der Waals surface area contributed by atoms with E-state index in [4.69, 9.17) is 14.6 Å². The fraction of sp³-hybridized carbons (Fsp3) is 0.786. The van der Waals surface area contributed by atoms with Gasteiger partial charge in [-0.3, -0.25) is 0 Å². The number of carbonyl (C=O) groups is 1. The van der Waals surface area contributed by atoms with Gasteiger partial charge in [0.2, 0.25) is 0 Å². The Kier molecular flexibility index (Phi) is 7.61. The molecule has 2 rings (SSSR count). The highest BCUT2D eigenvalue weighted by molar-refractivity contribution is 5.73. The lowest BCUT2D eigenvalue weighted by atomic mass is 10.1. The number of rotatable bonds is 4. The van der Waals surface area contributed by atoms with Crippen molar-refractivity contribution in [3.8, 4) is 0 Å². The Bertz CT molecular complexity index is 532. The van der Waals surface area contributed by atoms with Crippen LogP contribution in [0.2, 0.25) is 0 Å². The van der Waals surface area contributed by atoms with Gasteiger partial charge >= 0.3 is 12.1 Å². The van der Waals surface area contributed by atoms with Crippen LogP contribution in [0.3, 0.4) is 0 Å². The number of nitrogens with zero attached hydrogens (tertiary/aromatic N) is 3. The minimum absolute atomic E-state index is 0.482. The van der Waals surface area contributed by atoms with Crippen molar-refractivity contribution in [1.82, 2.24) is 20.3 Å². The predicted molar refractivity (Wildman–Crippen MR) is 79.3 cm³/mol. The first-order chi connectivity index (χ1) is 11.1. The number of hydrogen-bond acceptors (Lipinski definition) is 5. The van der Waals surface area contributed by atoms with Crippen LogP contribution in [0.4, 0.5) is 13.2 Å². The molecule has 138 valence electrons. The summed E-state index contributed by atoms with van der Waals surface area (Å²) in [5, 5.41) is 18.9. The van der Waals surface area contributed by atoms with Crippen molar-refractivity contribution in [1.29, 1.82) is 0 Å². The molecule has 1 aliphatic heterocycles. The fourth-order valence-corrected chi connectivity index (χ4v) is 2.06. The van der Waals surface area contributed by atoms with Crippen molar-refractivity contribution in [3.05, 3.63) is 11.4 Å². The summed E-state index contributed by atoms with van der Waals surface area (Å²) < 4.78 is 39.4. The molecular formula is C14H23F3N4O3. The molecule has 0 spiro atoms. The van der Waals surface area contributed by atoms with Crippen molar-refractivity contribution >= 4 is 5.97 Å². The molecule has 0 fully saturated rings. The molecule has 2 N–H and O–H groups in total. The zero-order valence-electron chi connectivity index (χ0n) is 13.9. The van der Waals surface area contributed by atoms with Crippen LogP contribution in [0.15, 0.2) is 0 Å². The van der Waals surface area contributed by atoms with Crippen molar-refractivity contribution in [2.45, 2.75) is 40.1 Å². The van der Waals surface area contributed by atoms with Crippen LogP contribution in [0.1, 0.15) is 25.2 Å². The lowest BCUT2D eigenvalue weighted by Gasteiger charge is -2.15. The number of carboxylic acids is 1. The van der Waals surface area contributed by atoms with Crippen LogP contribution in [0, 0.1) is 18.8 Å². The van der Waals surface area contributed by atoms with E-state index in [9.17, 15) is 13.2 Å². The monoisotopic (exact) mass is 352 g/mol. The highest BCUT2D eigenvalue weighted by Gasteiger charge is 2.38. The van der Waals surface area contributed by atoms with E-state index in [1.165, 1.54) is 0 Å². The molecule has 0 aromatic carbocycles. The normalized spacial score (nSPS) is 17.7. The van der Waals surface area contributed by atoms with Gasteiger partial charge in [0.25, 0.3) is 0 Å². The summed E-state index contributed by atoms with van der Waals surface area (Å²) in [7, 11) is 0. The minimum Gasteiger partial charge on any atom is -0.475 e. The van der Waals surface area contributed by atoms with Crippen LogP contribution in [-0.2, 0) is 22.7 Å². The molecule has 10 heteroatoms. The SMILES string of the molecule is Cc1nnn2c1COCC(CNCC(C)C)C2.O=C(O)C(F)(F)F. The summed E-state index contributed by atoms with van der Waals surface area (Å²) in [5.41, 5.74) is 2.11. The second-order valence-corrected chi connectivity index (χ2v) is 6.04. The van der Waals surface area contributed by atoms with Crippen LogP contribution in [-0.4, -0.2) is 51.9 Å². The Labute approximate surface area is 138 Å². The van der Waals surface area contributed by atoms with Crippen LogP contribution in [0.25, 0.3) is 0 Å². The van der Waals surface area contributed by atoms with Crippen LogP contribution >= 0.6 is 0 Å². The van der Waals surface area contributed by atoms with Gasteiger partial charge < -0.3 is 15.2 Å². The quantitative estimate of drug-likeness (QED) is 0.856. The maximum absolute atomic E-state index is 10.6. The molecule has 24 heavy (non-hydrogen) atoms. The lowest BCUT2D eigenvalue weighted by Crippen LogP contribution is -2.30. The van der Waals surface area contributed by atoms with Crippen LogP contribution in [0.5, 0.6) is 0 Å². The van der Waals surface area contributed by atoms with Gasteiger partial charge in [0.05, 0.1) is 24.6 Å². The summed E-state index contributed by atoms with van der Waals surface area (Å²) in [5.74, 6) is -1.59. The molecule has 1 aromatic heterocycles. The van der Waals surface area contributed by atoms with E-state index in [0.29, 0.717) is 18.4 Å². The Hall–Kier alpha value is -1.68. The van der Waals surface area contributed by atoms with Gasteiger partial charge in [-0.1, -0.05) is 19.1 Å². The number of alkyl halides is 3. The molecule has 1 unspecified atom stereocenters. The number of aryl methyl sites for hydroxylation is 1. The second kappa shape index (κ2) is 8.97. The first kappa shape index (κ1) is 20.4. The summed E-state index contributed by atoms with van der Waals surface area (Å²) in [6.45, 7) is 10.8. The Morgan fingerprint density at radius 3 is 2.67 bits per heavy atom. The topological polar surface area (TPSA) is 89.3 Å². The highest BCUT2D eigenvalue weighted by Crippen LogP contribution is 2.14. The van der Waals surface area contributed by atoms with Crippen molar-refractivity contribution in [2.24, 2.45) is 11.8 Å². The summed E-state index contributed by atoms with van der Waals surface area (Å²) in [4.78, 5) is 8.90. The molecule has 0 amide bonds. The first-order valence-electron chi connectivity index (χ1n) is 7.58. The van der Waals surface area contributed by atoms with Crippen molar-refractivity contribution in [3.63, 3.8) is 0 Å². The van der Waals surface area contributed by atoms with Gasteiger partial charge in [-0.05, 0) is 19.4 Å². The molecule has 1 aromatic rings. The standard InChI is InChI=1S/C12H22N4O.C2HF3O2/c1-9(2)4-13-5-11-6-16-12(8-17-7-11)10(3)14-15-16;3-2(4,5)1(6)7/h9,11,13H,4-8H2,1-3H3;(H,6,7). The maximum Gasteiger partial charge on any atom is 0.490 e. The average Bonchev–Trinajstić information content (AvgIpc) is 2.69. The van der Waals surface area contributed by atoms with Crippen molar-refractivity contribution in [2.75, 3.05) is 19.7 Å². The zero-order chi connectivity index (χ0) is 18.3. The second-order valence-electron chi connectivity index (χ2n) is 6.04. The summed E-state index contributed by atoms with van der Waals surface area (Å²) in [6.07, 6.45) is -5.08. The highest BCUT2D eigenvalue weighted by atomic mass is 19.4. The Morgan fingerprint density at radius 1 is 1.50 bits per heavy atom. The predicted octanol–water partition coefficient (Wildman–Crippen LogP) is 1.61. The van der Waals surface area contributed by atoms with Crippen LogP contribution < -0.4 is 5.32 Å². The van der Waals surface area contributed by atoms with E-state index in [0.717, 1.165) is 37.6 Å². The van der Waals surface area contributed by atoms with Crippen molar-refractivity contribution < 1.29 is 27.8 Å². The van der Waals surface area contributed by atoms with E-state index < -0.39 is 12.1 Å². The Morgan fingerprint density at radius 2 is 2.12 bits per heavy atom. The number of aliphatic carboxylic acids is 1. The average molecular weight is 352 g/mol. The molecule has 2 heterocycles. The fourth-order valence-electron chi connectivity index (χ4n) is 2.06. The number of carboxylic acid groups (broad SMARTS) is 1. The molecule has 0 saturated carbocycles. The molecular weight excluding hydrogens is 329 g/mol.